The Morgan fingerprint density at radius 3 is 2.53 bits per heavy atom. The molecule has 5 nitrogen and oxygen atoms in total. The van der Waals surface area contributed by atoms with Gasteiger partial charge >= 0.3 is 5.97 Å². The molecular formula is C12H13Cl2NO4. The van der Waals surface area contributed by atoms with E-state index in [1.54, 1.807) is 0 Å². The summed E-state index contributed by atoms with van der Waals surface area (Å²) in [4.78, 5) is 22.7. The lowest BCUT2D eigenvalue weighted by Crippen LogP contribution is -2.20. The second-order valence-corrected chi connectivity index (χ2v) is 4.50. The number of carboxylic acid groups (broad SMARTS) is 1. The third kappa shape index (κ3) is 4.38. The second kappa shape index (κ2) is 7.33. The van der Waals surface area contributed by atoms with Gasteiger partial charge in [0.25, 0.3) is 0 Å². The average Bonchev–Trinajstić information content (AvgIpc) is 2.34. The molecule has 0 unspecified atom stereocenters. The normalized spacial score (nSPS) is 10.3. The standard InChI is InChI=1S/C12H13Cl2NO4/c1-2-5-19-6-9(16)15-11-8(14)4-3-7(13)10(11)12(17)18/h3-4H,2,5-6H2,1H3,(H,15,16)(H,17,18). The molecule has 0 heterocycles. The summed E-state index contributed by atoms with van der Waals surface area (Å²) in [5.74, 6) is -1.75. The number of carbonyl (C=O) groups is 2. The van der Waals surface area contributed by atoms with Gasteiger partial charge < -0.3 is 15.2 Å². The van der Waals surface area contributed by atoms with Crippen LogP contribution in [0.5, 0.6) is 0 Å². The molecule has 1 aromatic rings. The molecule has 0 saturated carbocycles. The summed E-state index contributed by atoms with van der Waals surface area (Å²) in [7, 11) is 0. The number of benzene rings is 1. The molecule has 1 aromatic carbocycles. The van der Waals surface area contributed by atoms with Gasteiger partial charge in [-0.3, -0.25) is 4.79 Å². The molecule has 2 N–H and O–H groups in total. The summed E-state index contributed by atoms with van der Waals surface area (Å²) in [5.41, 5.74) is -0.259. The number of hydrogen-bond acceptors (Lipinski definition) is 3. The first kappa shape index (κ1) is 15.8. The van der Waals surface area contributed by atoms with E-state index in [4.69, 9.17) is 33.0 Å². The number of carbonyl (C=O) groups excluding carboxylic acids is 1. The highest BCUT2D eigenvalue weighted by atomic mass is 35.5. The van der Waals surface area contributed by atoms with Crippen molar-refractivity contribution in [3.63, 3.8) is 0 Å². The van der Waals surface area contributed by atoms with Crippen molar-refractivity contribution in [3.05, 3.63) is 27.7 Å². The number of halogens is 2. The Morgan fingerprint density at radius 2 is 1.95 bits per heavy atom. The van der Waals surface area contributed by atoms with Gasteiger partial charge in [-0.1, -0.05) is 30.1 Å². The van der Waals surface area contributed by atoms with Crippen molar-refractivity contribution in [1.82, 2.24) is 0 Å². The smallest absolute Gasteiger partial charge is 0.339 e. The zero-order valence-electron chi connectivity index (χ0n) is 10.2. The number of hydrogen-bond donors (Lipinski definition) is 2. The van der Waals surface area contributed by atoms with Crippen molar-refractivity contribution in [1.29, 1.82) is 0 Å². The summed E-state index contributed by atoms with van der Waals surface area (Å²) < 4.78 is 5.05. The number of anilines is 1. The van der Waals surface area contributed by atoms with Crippen LogP contribution in [0.2, 0.25) is 10.0 Å². The monoisotopic (exact) mass is 305 g/mol. The van der Waals surface area contributed by atoms with Gasteiger partial charge in [0.05, 0.1) is 15.7 Å². The summed E-state index contributed by atoms with van der Waals surface area (Å²) in [6.45, 7) is 2.19. The summed E-state index contributed by atoms with van der Waals surface area (Å²) >= 11 is 11.7. The molecule has 7 heteroatoms. The van der Waals surface area contributed by atoms with E-state index >= 15 is 0 Å². The van der Waals surface area contributed by atoms with E-state index in [0.717, 1.165) is 6.42 Å². The lowest BCUT2D eigenvalue weighted by Gasteiger charge is -2.11. The molecule has 0 aromatic heterocycles. The van der Waals surface area contributed by atoms with Gasteiger partial charge in [-0.25, -0.2) is 4.79 Å². The maximum Gasteiger partial charge on any atom is 0.339 e. The van der Waals surface area contributed by atoms with Gasteiger partial charge in [0.15, 0.2) is 0 Å². The molecule has 0 aliphatic heterocycles. The first-order valence-electron chi connectivity index (χ1n) is 5.56. The van der Waals surface area contributed by atoms with E-state index in [0.29, 0.717) is 6.61 Å². The summed E-state index contributed by atoms with van der Waals surface area (Å²) in [6, 6.07) is 2.77. The largest absolute Gasteiger partial charge is 0.478 e. The van der Waals surface area contributed by atoms with Gasteiger partial charge in [0, 0.05) is 6.61 Å². The topological polar surface area (TPSA) is 75.6 Å². The van der Waals surface area contributed by atoms with Crippen LogP contribution in [0.15, 0.2) is 12.1 Å². The van der Waals surface area contributed by atoms with E-state index in [-0.39, 0.29) is 27.9 Å². The highest BCUT2D eigenvalue weighted by molar-refractivity contribution is 6.38. The zero-order chi connectivity index (χ0) is 14.4. The number of carboxylic acids is 1. The van der Waals surface area contributed by atoms with Gasteiger partial charge in [-0.05, 0) is 18.6 Å². The van der Waals surface area contributed by atoms with Crippen LogP contribution in [0, 0.1) is 0 Å². The molecule has 1 amide bonds. The predicted molar refractivity (Wildman–Crippen MR) is 73.2 cm³/mol. The fourth-order valence-corrected chi connectivity index (χ4v) is 1.81. The van der Waals surface area contributed by atoms with Crippen LogP contribution in [0.25, 0.3) is 0 Å². The number of ether oxygens (including phenoxy) is 1. The highest BCUT2D eigenvalue weighted by Gasteiger charge is 2.19. The van der Waals surface area contributed by atoms with Crippen molar-refractivity contribution < 1.29 is 19.4 Å². The molecule has 0 spiro atoms. The van der Waals surface area contributed by atoms with E-state index in [1.807, 2.05) is 6.92 Å². The van der Waals surface area contributed by atoms with E-state index < -0.39 is 11.9 Å². The summed E-state index contributed by atoms with van der Waals surface area (Å²) in [6.07, 6.45) is 0.783. The second-order valence-electron chi connectivity index (χ2n) is 3.69. The van der Waals surface area contributed by atoms with E-state index in [2.05, 4.69) is 5.32 Å². The zero-order valence-corrected chi connectivity index (χ0v) is 11.7. The molecule has 0 fully saturated rings. The number of nitrogens with one attached hydrogen (secondary N) is 1. The van der Waals surface area contributed by atoms with Crippen LogP contribution >= 0.6 is 23.2 Å². The summed E-state index contributed by atoms with van der Waals surface area (Å²) in [5, 5.41) is 11.6. The Morgan fingerprint density at radius 1 is 1.32 bits per heavy atom. The fraction of sp³-hybridized carbons (Fsp3) is 0.333. The minimum atomic E-state index is -1.27. The maximum absolute atomic E-state index is 11.6. The first-order chi connectivity index (χ1) is 8.97. The molecule has 0 saturated heterocycles. The third-order valence-electron chi connectivity index (χ3n) is 2.16. The molecule has 0 aliphatic carbocycles. The van der Waals surface area contributed by atoms with E-state index in [9.17, 15) is 9.59 Å². The van der Waals surface area contributed by atoms with Crippen molar-refractivity contribution in [3.8, 4) is 0 Å². The minimum absolute atomic E-state index is 0.00155. The van der Waals surface area contributed by atoms with Gasteiger partial charge in [-0.2, -0.15) is 0 Å². The van der Waals surface area contributed by atoms with Crippen LogP contribution in [0.3, 0.4) is 0 Å². The molecular weight excluding hydrogens is 293 g/mol. The predicted octanol–water partition coefficient (Wildman–Crippen LogP) is 3.06. The maximum atomic E-state index is 11.6. The van der Waals surface area contributed by atoms with Crippen LogP contribution < -0.4 is 5.32 Å². The van der Waals surface area contributed by atoms with Crippen LogP contribution in [-0.4, -0.2) is 30.2 Å². The minimum Gasteiger partial charge on any atom is -0.478 e. The van der Waals surface area contributed by atoms with Crippen molar-refractivity contribution in [2.75, 3.05) is 18.5 Å². The van der Waals surface area contributed by atoms with Crippen molar-refractivity contribution in [2.24, 2.45) is 0 Å². The Bertz CT molecular complexity index is 491. The Hall–Kier alpha value is -1.30. The lowest BCUT2D eigenvalue weighted by atomic mass is 10.1. The van der Waals surface area contributed by atoms with Crippen LogP contribution in [0.1, 0.15) is 23.7 Å². The van der Waals surface area contributed by atoms with E-state index in [1.165, 1.54) is 12.1 Å². The van der Waals surface area contributed by atoms with Crippen molar-refractivity contribution >= 4 is 40.8 Å². The highest BCUT2D eigenvalue weighted by Crippen LogP contribution is 2.31. The molecule has 0 aliphatic rings. The molecule has 0 atom stereocenters. The number of aromatic carboxylic acids is 1. The molecule has 1 rings (SSSR count). The Balaban J connectivity index is 2.91. The molecule has 19 heavy (non-hydrogen) atoms. The Kier molecular flexibility index (Phi) is 6.08. The quantitative estimate of drug-likeness (QED) is 0.792. The number of rotatable bonds is 6. The molecule has 0 radical (unpaired) electrons. The third-order valence-corrected chi connectivity index (χ3v) is 2.79. The fourth-order valence-electron chi connectivity index (χ4n) is 1.37. The van der Waals surface area contributed by atoms with Crippen LogP contribution in [-0.2, 0) is 9.53 Å². The average molecular weight is 306 g/mol. The Labute approximate surface area is 120 Å². The lowest BCUT2D eigenvalue weighted by molar-refractivity contribution is -0.120. The van der Waals surface area contributed by atoms with Crippen molar-refractivity contribution in [2.45, 2.75) is 13.3 Å². The van der Waals surface area contributed by atoms with Gasteiger partial charge in [0.1, 0.15) is 12.2 Å². The molecule has 104 valence electrons. The van der Waals surface area contributed by atoms with Gasteiger partial charge in [-0.15, -0.1) is 0 Å². The van der Waals surface area contributed by atoms with Crippen LogP contribution in [0.4, 0.5) is 5.69 Å². The number of amides is 1. The molecule has 0 bridgehead atoms. The SMILES string of the molecule is CCCOCC(=O)Nc1c(Cl)ccc(Cl)c1C(=O)O. The first-order valence-corrected chi connectivity index (χ1v) is 6.31. The van der Waals surface area contributed by atoms with Gasteiger partial charge in [0.2, 0.25) is 5.91 Å².